The summed E-state index contributed by atoms with van der Waals surface area (Å²) in [5.74, 6) is 0.156. The fourth-order valence-corrected chi connectivity index (χ4v) is 4.90. The summed E-state index contributed by atoms with van der Waals surface area (Å²) in [7, 11) is 5.50. The van der Waals surface area contributed by atoms with Gasteiger partial charge >= 0.3 is 12.1 Å². The number of amidine groups is 1. The van der Waals surface area contributed by atoms with Gasteiger partial charge in [-0.25, -0.2) is 4.99 Å². The van der Waals surface area contributed by atoms with Gasteiger partial charge in [0.15, 0.2) is 6.04 Å². The van der Waals surface area contributed by atoms with E-state index in [-0.39, 0.29) is 29.7 Å². The molecule has 1 fully saturated rings. The maximum atomic E-state index is 13.6. The summed E-state index contributed by atoms with van der Waals surface area (Å²) in [6.07, 6.45) is 0.775. The van der Waals surface area contributed by atoms with Crippen LogP contribution in [0.15, 0.2) is 64.2 Å². The minimum Gasteiger partial charge on any atom is -0.846 e. The fourth-order valence-electron chi connectivity index (χ4n) is 4.90. The first kappa shape index (κ1) is 29.1. The number of amides is 1. The van der Waals surface area contributed by atoms with Gasteiger partial charge in [0.05, 0.1) is 18.0 Å². The van der Waals surface area contributed by atoms with E-state index in [2.05, 4.69) is 34.6 Å². The highest BCUT2D eigenvalue weighted by atomic mass is 19.4. The molecule has 1 heterocycles. The van der Waals surface area contributed by atoms with Gasteiger partial charge in [-0.1, -0.05) is 30.3 Å². The van der Waals surface area contributed by atoms with Crippen molar-refractivity contribution in [2.45, 2.75) is 44.3 Å². The van der Waals surface area contributed by atoms with Gasteiger partial charge in [0.2, 0.25) is 11.2 Å². The van der Waals surface area contributed by atoms with Gasteiger partial charge in [-0.3, -0.25) is 9.32 Å². The molecule has 1 aliphatic carbocycles. The molecule has 3 aromatic rings. The van der Waals surface area contributed by atoms with E-state index in [0.29, 0.717) is 5.92 Å². The van der Waals surface area contributed by atoms with Crippen LogP contribution in [-0.2, 0) is 17.4 Å². The summed E-state index contributed by atoms with van der Waals surface area (Å²) < 4.78 is 47.8. The highest BCUT2D eigenvalue weighted by Gasteiger charge is 2.32. The molecule has 1 saturated carbocycles. The molecular weight excluding hydrogens is 525 g/mol. The largest absolute Gasteiger partial charge is 0.846 e. The maximum absolute atomic E-state index is 13.6. The van der Waals surface area contributed by atoms with Gasteiger partial charge in [0, 0.05) is 37.8 Å². The van der Waals surface area contributed by atoms with Crippen molar-refractivity contribution >= 4 is 29.2 Å². The van der Waals surface area contributed by atoms with Crippen molar-refractivity contribution < 1.29 is 32.3 Å². The number of carbonyl (C=O) groups is 1. The van der Waals surface area contributed by atoms with E-state index in [0.717, 1.165) is 54.8 Å². The Balaban J connectivity index is 1.46. The Morgan fingerprint density at radius 3 is 2.48 bits per heavy atom. The van der Waals surface area contributed by atoms with Gasteiger partial charge in [0.1, 0.15) is 0 Å². The third-order valence-corrected chi connectivity index (χ3v) is 6.95. The summed E-state index contributed by atoms with van der Waals surface area (Å²) in [5, 5.41) is 18.9. The van der Waals surface area contributed by atoms with Crippen LogP contribution < -0.4 is 20.0 Å². The molecular formula is C28H33F3N6O3. The second kappa shape index (κ2) is 12.5. The zero-order valence-corrected chi connectivity index (χ0v) is 22.7. The molecule has 9 nitrogen and oxygen atoms in total. The summed E-state index contributed by atoms with van der Waals surface area (Å²) in [6.45, 7) is 1.03. The maximum Gasteiger partial charge on any atom is 0.416 e. The molecule has 1 aromatic heterocycles. The quantitative estimate of drug-likeness (QED) is 0.255. The molecule has 0 atom stereocenters. The lowest BCUT2D eigenvalue weighted by molar-refractivity contribution is -0.787. The van der Waals surface area contributed by atoms with Crippen molar-refractivity contribution in [3.05, 3.63) is 65.9 Å². The molecule has 0 radical (unpaired) electrons. The summed E-state index contributed by atoms with van der Waals surface area (Å²) >= 11 is 0. The number of rotatable bonds is 8. The number of aliphatic imine (C=N–C) groups is 1. The number of anilines is 2. The number of halogens is 3. The van der Waals surface area contributed by atoms with Gasteiger partial charge in [-0.15, -0.1) is 0 Å². The average molecular weight is 559 g/mol. The molecule has 4 rings (SSSR count). The summed E-state index contributed by atoms with van der Waals surface area (Å²) in [5.41, 5.74) is -0.468. The molecule has 40 heavy (non-hydrogen) atoms. The van der Waals surface area contributed by atoms with Crippen molar-refractivity contribution in [1.29, 1.82) is 0 Å². The number of alkyl halides is 3. The number of nitrogens with one attached hydrogen (secondary N) is 1. The number of likely N-dealkylation sites (N-methyl/N-ethyl adjacent to an activating group) is 1. The highest BCUT2D eigenvalue weighted by Crippen LogP contribution is 2.34. The Morgan fingerprint density at radius 1 is 1.12 bits per heavy atom. The zero-order valence-electron chi connectivity index (χ0n) is 22.7. The Morgan fingerprint density at radius 2 is 1.82 bits per heavy atom. The molecule has 1 N–H and O–H groups in total. The molecule has 0 unspecified atom stereocenters. The molecule has 2 aromatic carbocycles. The molecule has 1 aliphatic rings. The van der Waals surface area contributed by atoms with Crippen molar-refractivity contribution in [3.8, 4) is 0 Å². The first-order chi connectivity index (χ1) is 19.0. The molecule has 214 valence electrons. The second-order valence-electron chi connectivity index (χ2n) is 10.4. The van der Waals surface area contributed by atoms with Crippen molar-refractivity contribution in [2.75, 3.05) is 37.9 Å². The van der Waals surface area contributed by atoms with Crippen LogP contribution >= 0.6 is 0 Å². The lowest BCUT2D eigenvalue weighted by atomic mass is 9.86. The van der Waals surface area contributed by atoms with Crippen LogP contribution in [0.5, 0.6) is 0 Å². The third kappa shape index (κ3) is 7.81. The van der Waals surface area contributed by atoms with Gasteiger partial charge in [-0.05, 0) is 61.3 Å². The predicted octanol–water partition coefficient (Wildman–Crippen LogP) is 3.94. The molecule has 0 bridgehead atoms. The van der Waals surface area contributed by atoms with Crippen LogP contribution in [0.25, 0.3) is 0 Å². The van der Waals surface area contributed by atoms with Crippen molar-refractivity contribution in [1.82, 2.24) is 10.2 Å². The average Bonchev–Trinajstić information content (AvgIpc) is 3.36. The van der Waals surface area contributed by atoms with Crippen LogP contribution in [0.2, 0.25) is 0 Å². The first-order valence-electron chi connectivity index (χ1n) is 13.1. The Labute approximate surface area is 230 Å². The number of aromatic nitrogens is 2. The molecule has 1 amide bonds. The second-order valence-corrected chi connectivity index (χ2v) is 10.4. The lowest BCUT2D eigenvalue weighted by Gasteiger charge is -2.26. The SMILES string of the molecule is CN(C)CC1CCC([n+]2cc(N=C([O-])Nc3cc(N(C)C(=O)Cc4ccccc4)cc(C(F)(F)F)c3)on2)CC1. The first-order valence-corrected chi connectivity index (χ1v) is 13.1. The normalized spacial score (nSPS) is 18.1. The van der Waals surface area contributed by atoms with E-state index in [9.17, 15) is 23.1 Å². The van der Waals surface area contributed by atoms with E-state index in [1.807, 2.05) is 0 Å². The summed E-state index contributed by atoms with van der Waals surface area (Å²) in [4.78, 5) is 19.9. The molecule has 0 spiro atoms. The lowest BCUT2D eigenvalue weighted by Crippen LogP contribution is -2.43. The van der Waals surface area contributed by atoms with Crippen LogP contribution in [0, 0.1) is 5.92 Å². The standard InChI is InChI=1S/C28H33F3N6O3/c1-35(2)17-20-9-11-23(12-10-20)37-18-25(40-34-37)33-27(39)32-22-14-21(28(29,30)31)15-24(16-22)36(3)26(38)13-19-7-5-4-6-8-19/h4-8,14-16,18,20,23H,9-13,17H2,1-3H3,(H-,32,33,34,39). The van der Waals surface area contributed by atoms with E-state index in [4.69, 9.17) is 4.52 Å². The predicted molar refractivity (Wildman–Crippen MR) is 142 cm³/mol. The number of carbonyl (C=O) groups excluding carboxylic acids is 1. The van der Waals surface area contributed by atoms with Crippen LogP contribution in [0.1, 0.15) is 42.9 Å². The van der Waals surface area contributed by atoms with Crippen molar-refractivity contribution in [3.63, 3.8) is 0 Å². The van der Waals surface area contributed by atoms with Gasteiger partial charge in [0.25, 0.3) is 6.20 Å². The van der Waals surface area contributed by atoms with Gasteiger partial charge < -0.3 is 20.2 Å². The zero-order chi connectivity index (χ0) is 28.9. The van der Waals surface area contributed by atoms with E-state index < -0.39 is 23.7 Å². The van der Waals surface area contributed by atoms with Crippen LogP contribution in [0.3, 0.4) is 0 Å². The number of hydrogen-bond donors (Lipinski definition) is 1. The van der Waals surface area contributed by atoms with E-state index >= 15 is 0 Å². The number of hydrogen-bond acceptors (Lipinski definition) is 6. The van der Waals surface area contributed by atoms with Crippen LogP contribution in [-0.4, -0.2) is 49.8 Å². The minimum atomic E-state index is -4.70. The molecule has 12 heteroatoms. The highest BCUT2D eigenvalue weighted by molar-refractivity contribution is 5.96. The molecule has 0 aliphatic heterocycles. The Bertz CT molecular complexity index is 1320. The monoisotopic (exact) mass is 558 g/mol. The van der Waals surface area contributed by atoms with E-state index in [1.165, 1.54) is 19.3 Å². The van der Waals surface area contributed by atoms with Crippen LogP contribution in [0.4, 0.5) is 30.4 Å². The Hall–Kier alpha value is -3.93. The minimum absolute atomic E-state index is 0.00735. The number of benzene rings is 2. The van der Waals surface area contributed by atoms with E-state index in [1.54, 1.807) is 35.0 Å². The molecule has 0 saturated heterocycles. The smallest absolute Gasteiger partial charge is 0.416 e. The van der Waals surface area contributed by atoms with Gasteiger partial charge in [-0.2, -0.15) is 13.2 Å². The third-order valence-electron chi connectivity index (χ3n) is 6.95. The van der Waals surface area contributed by atoms with Crippen molar-refractivity contribution in [2.24, 2.45) is 10.9 Å². The Kier molecular flexibility index (Phi) is 9.08. The topological polar surface area (TPSA) is 101 Å². The summed E-state index contributed by atoms with van der Waals surface area (Å²) in [6, 6.07) is 11.0. The number of nitrogens with zero attached hydrogens (tertiary/aromatic N) is 5. The fraction of sp³-hybridized carbons (Fsp3) is 0.429.